The zero-order chi connectivity index (χ0) is 30.7. The van der Waals surface area contributed by atoms with Crippen molar-refractivity contribution in [3.63, 3.8) is 0 Å². The smallest absolute Gasteiger partial charge is 0.319 e. The molecule has 1 saturated carbocycles. The average molecular weight is 612 g/mol. The van der Waals surface area contributed by atoms with E-state index in [1.165, 1.54) is 18.2 Å². The van der Waals surface area contributed by atoms with Gasteiger partial charge < -0.3 is 24.8 Å². The monoisotopic (exact) mass is 611 g/mol. The quantitative estimate of drug-likeness (QED) is 0.276. The molecule has 4 heterocycles. The van der Waals surface area contributed by atoms with Gasteiger partial charge >= 0.3 is 6.01 Å². The van der Waals surface area contributed by atoms with Gasteiger partial charge in [-0.2, -0.15) is 9.97 Å². The Labute approximate surface area is 260 Å². The van der Waals surface area contributed by atoms with Gasteiger partial charge in [0.15, 0.2) is 5.82 Å². The van der Waals surface area contributed by atoms with Crippen molar-refractivity contribution in [2.75, 3.05) is 51.0 Å². The number of nitrogens with zero attached hydrogens (tertiary/aromatic N) is 4. The van der Waals surface area contributed by atoms with Gasteiger partial charge in [0, 0.05) is 72.2 Å². The number of aromatic nitrogens is 2. The van der Waals surface area contributed by atoms with Crippen molar-refractivity contribution in [1.29, 1.82) is 0 Å². The van der Waals surface area contributed by atoms with E-state index in [2.05, 4.69) is 26.0 Å². The van der Waals surface area contributed by atoms with E-state index >= 15 is 8.78 Å². The van der Waals surface area contributed by atoms with E-state index in [9.17, 15) is 5.11 Å². The summed E-state index contributed by atoms with van der Waals surface area (Å²) in [5, 5.41) is 15.5. The van der Waals surface area contributed by atoms with Gasteiger partial charge in [0.1, 0.15) is 22.9 Å². The maximum absolute atomic E-state index is 16.8. The van der Waals surface area contributed by atoms with E-state index in [0.717, 1.165) is 51.8 Å². The van der Waals surface area contributed by atoms with Gasteiger partial charge in [0.05, 0.1) is 18.9 Å². The lowest BCUT2D eigenvalue weighted by Gasteiger charge is -2.34. The Morgan fingerprint density at radius 3 is 2.69 bits per heavy atom. The molecule has 2 bridgehead atoms. The Balaban J connectivity index is 1.24. The van der Waals surface area contributed by atoms with Gasteiger partial charge in [-0.1, -0.05) is 18.1 Å². The predicted octanol–water partition coefficient (Wildman–Crippen LogP) is 5.19. The second-order valence-corrected chi connectivity index (χ2v) is 13.1. The molecule has 0 spiro atoms. The van der Waals surface area contributed by atoms with Crippen LogP contribution in [0.2, 0.25) is 0 Å². The molecular formula is C35H35F2N5O3. The highest BCUT2D eigenvalue weighted by molar-refractivity contribution is 6.04. The number of hydrogen-bond donors (Lipinski definition) is 2. The lowest BCUT2D eigenvalue weighted by molar-refractivity contribution is -0.0264. The summed E-state index contributed by atoms with van der Waals surface area (Å²) in [5.74, 6) is 1.34. The van der Waals surface area contributed by atoms with Crippen molar-refractivity contribution in [2.45, 2.75) is 44.2 Å². The molecule has 4 fully saturated rings. The lowest BCUT2D eigenvalue weighted by Crippen LogP contribution is -2.51. The van der Waals surface area contributed by atoms with Crippen LogP contribution in [-0.2, 0) is 4.74 Å². The first-order valence-corrected chi connectivity index (χ1v) is 15.8. The molecule has 4 aromatic rings. The second-order valence-electron chi connectivity index (χ2n) is 13.1. The van der Waals surface area contributed by atoms with Crippen LogP contribution >= 0.6 is 0 Å². The van der Waals surface area contributed by atoms with E-state index in [0.29, 0.717) is 48.6 Å². The number of rotatable bonds is 7. The zero-order valence-corrected chi connectivity index (χ0v) is 25.0. The van der Waals surface area contributed by atoms with Crippen LogP contribution in [0.4, 0.5) is 14.6 Å². The number of ether oxygens (including phenoxy) is 2. The molecule has 0 radical (unpaired) electrons. The van der Waals surface area contributed by atoms with E-state index < -0.39 is 11.6 Å². The molecule has 4 aliphatic rings. The molecule has 1 aliphatic carbocycles. The molecule has 45 heavy (non-hydrogen) atoms. The third kappa shape index (κ3) is 5.23. The molecule has 2 N–H and O–H groups in total. The third-order valence-corrected chi connectivity index (χ3v) is 9.81. The van der Waals surface area contributed by atoms with Crippen LogP contribution in [0, 0.1) is 29.4 Å². The summed E-state index contributed by atoms with van der Waals surface area (Å²) in [6, 6.07) is 10.1. The summed E-state index contributed by atoms with van der Waals surface area (Å²) in [7, 11) is 0. The minimum absolute atomic E-state index is 0.0219. The van der Waals surface area contributed by atoms with Gasteiger partial charge in [0.25, 0.3) is 0 Å². The van der Waals surface area contributed by atoms with Gasteiger partial charge in [-0.05, 0) is 61.8 Å². The SMILES string of the molecule is C#Cc1cccc2cc(O)cc(-c3c(F)cc4c(N5CC6CCC(C5)N6)nc(OCC5(CN6CCCOC6)CC5)nc4c3F)c12. The van der Waals surface area contributed by atoms with Crippen molar-refractivity contribution in [1.82, 2.24) is 20.2 Å². The lowest BCUT2D eigenvalue weighted by atomic mass is 9.93. The van der Waals surface area contributed by atoms with Crippen LogP contribution in [0.25, 0.3) is 32.8 Å². The van der Waals surface area contributed by atoms with Crippen LogP contribution in [0.5, 0.6) is 11.8 Å². The number of phenols is 1. The molecular weight excluding hydrogens is 576 g/mol. The Bertz CT molecular complexity index is 1840. The fourth-order valence-corrected chi connectivity index (χ4v) is 7.40. The van der Waals surface area contributed by atoms with E-state index in [4.69, 9.17) is 20.9 Å². The van der Waals surface area contributed by atoms with Crippen LogP contribution in [0.1, 0.15) is 37.7 Å². The number of hydrogen-bond acceptors (Lipinski definition) is 8. The van der Waals surface area contributed by atoms with Gasteiger partial charge in [0.2, 0.25) is 0 Å². The summed E-state index contributed by atoms with van der Waals surface area (Å²) in [6.07, 6.45) is 10.9. The van der Waals surface area contributed by atoms with Crippen LogP contribution in [0.15, 0.2) is 36.4 Å². The number of phenolic OH excluding ortho intramolecular Hbond substituents is 1. The fraction of sp³-hybridized carbons (Fsp3) is 0.429. The molecule has 3 saturated heterocycles. The number of terminal acetylenes is 1. The maximum atomic E-state index is 16.8. The van der Waals surface area contributed by atoms with Gasteiger partial charge in [-0.25, -0.2) is 8.78 Å². The third-order valence-electron chi connectivity index (χ3n) is 9.81. The molecule has 232 valence electrons. The topological polar surface area (TPSA) is 83.0 Å². The number of fused-ring (bicyclic) bond motifs is 4. The first-order chi connectivity index (χ1) is 21.9. The Hall–Kier alpha value is -4.04. The normalized spacial score (nSPS) is 22.6. The van der Waals surface area contributed by atoms with Gasteiger partial charge in [-0.3, -0.25) is 4.90 Å². The average Bonchev–Trinajstić information content (AvgIpc) is 3.73. The second kappa shape index (κ2) is 11.1. The maximum Gasteiger partial charge on any atom is 0.319 e. The first-order valence-electron chi connectivity index (χ1n) is 15.8. The highest BCUT2D eigenvalue weighted by Gasteiger charge is 2.45. The Morgan fingerprint density at radius 1 is 1.13 bits per heavy atom. The molecule has 2 unspecified atom stereocenters. The standard InChI is InChI=1S/C35H35F2N5O3/c1-2-21-5-3-6-22-13-25(43)14-26(29(21)22)30-28(36)15-27-32(31(30)37)39-34(40-33(27)42-16-23-7-8-24(17-42)38-23)45-19-35(9-10-35)18-41-11-4-12-44-20-41/h1,3,5-6,13-15,23-24,38,43H,4,7-12,16-20H2. The number of piperazine rings is 1. The van der Waals surface area contributed by atoms with E-state index in [1.54, 1.807) is 18.2 Å². The van der Waals surface area contributed by atoms with Crippen molar-refractivity contribution in [3.05, 3.63) is 53.6 Å². The number of benzene rings is 3. The molecule has 10 heteroatoms. The number of halogens is 2. The summed E-state index contributed by atoms with van der Waals surface area (Å²) < 4.78 is 45.0. The van der Waals surface area contributed by atoms with Crippen molar-refractivity contribution >= 4 is 27.5 Å². The molecule has 3 aromatic carbocycles. The highest BCUT2D eigenvalue weighted by Crippen LogP contribution is 2.47. The Kier molecular flexibility index (Phi) is 7.01. The van der Waals surface area contributed by atoms with Crippen molar-refractivity contribution in [3.8, 4) is 35.2 Å². The highest BCUT2D eigenvalue weighted by atomic mass is 19.1. The van der Waals surface area contributed by atoms with Crippen LogP contribution < -0.4 is 15.0 Å². The Morgan fingerprint density at radius 2 is 1.96 bits per heavy atom. The summed E-state index contributed by atoms with van der Waals surface area (Å²) in [5.41, 5.74) is 0.288. The largest absolute Gasteiger partial charge is 0.508 e. The molecule has 2 atom stereocenters. The molecule has 8 rings (SSSR count). The van der Waals surface area contributed by atoms with Crippen molar-refractivity contribution in [2.24, 2.45) is 5.41 Å². The van der Waals surface area contributed by atoms with Crippen LogP contribution in [-0.4, -0.2) is 78.2 Å². The summed E-state index contributed by atoms with van der Waals surface area (Å²) >= 11 is 0. The predicted molar refractivity (Wildman–Crippen MR) is 168 cm³/mol. The number of aromatic hydroxyl groups is 1. The van der Waals surface area contributed by atoms with Crippen molar-refractivity contribution < 1.29 is 23.4 Å². The van der Waals surface area contributed by atoms with Gasteiger partial charge in [-0.15, -0.1) is 6.42 Å². The van der Waals surface area contributed by atoms with E-state index in [1.807, 2.05) is 0 Å². The first kappa shape index (κ1) is 28.4. The fourth-order valence-electron chi connectivity index (χ4n) is 7.40. The molecule has 3 aliphatic heterocycles. The number of anilines is 1. The van der Waals surface area contributed by atoms with E-state index in [-0.39, 0.29) is 51.3 Å². The molecule has 0 amide bonds. The molecule has 8 nitrogen and oxygen atoms in total. The minimum atomic E-state index is -0.845. The molecule has 1 aromatic heterocycles. The van der Waals surface area contributed by atoms with Crippen LogP contribution in [0.3, 0.4) is 0 Å². The minimum Gasteiger partial charge on any atom is -0.508 e. The zero-order valence-electron chi connectivity index (χ0n) is 25.0. The summed E-state index contributed by atoms with van der Waals surface area (Å²) in [4.78, 5) is 13.8. The number of nitrogens with one attached hydrogen (secondary N) is 1. The summed E-state index contributed by atoms with van der Waals surface area (Å²) in [6.45, 7) is 5.02.